The van der Waals surface area contributed by atoms with Crippen molar-refractivity contribution in [3.05, 3.63) is 29.6 Å². The fraction of sp³-hybridized carbons (Fsp3) is 0.333. The molecule has 1 aromatic carbocycles. The Hall–Kier alpha value is -1.09. The summed E-state index contributed by atoms with van der Waals surface area (Å²) < 4.78 is 18.1. The van der Waals surface area contributed by atoms with Crippen molar-refractivity contribution in [3.8, 4) is 5.75 Å². The van der Waals surface area contributed by atoms with Crippen molar-refractivity contribution >= 4 is 0 Å². The van der Waals surface area contributed by atoms with Crippen LogP contribution in [0.5, 0.6) is 5.75 Å². The molecule has 1 aromatic rings. The highest BCUT2D eigenvalue weighted by molar-refractivity contribution is 5.32. The number of rotatable bonds is 2. The molecule has 1 atom stereocenters. The third kappa shape index (κ3) is 1.28. The highest BCUT2D eigenvalue weighted by Crippen LogP contribution is 2.26. The molecule has 1 aliphatic heterocycles. The number of methoxy groups -OCH3 is 1. The molecule has 1 fully saturated rings. The zero-order valence-corrected chi connectivity index (χ0v) is 6.80. The molecule has 1 N–H and O–H groups in total. The van der Waals surface area contributed by atoms with Gasteiger partial charge >= 0.3 is 0 Å². The summed E-state index contributed by atoms with van der Waals surface area (Å²) in [7, 11) is 1.53. The second kappa shape index (κ2) is 2.75. The van der Waals surface area contributed by atoms with E-state index in [1.54, 1.807) is 12.1 Å². The molecule has 3 heteroatoms. The lowest BCUT2D eigenvalue weighted by molar-refractivity contribution is 0.410. The van der Waals surface area contributed by atoms with E-state index in [1.807, 2.05) is 0 Å². The Bertz CT molecular complexity index is 297. The van der Waals surface area contributed by atoms with Gasteiger partial charge in [0.25, 0.3) is 0 Å². The van der Waals surface area contributed by atoms with Gasteiger partial charge in [-0.1, -0.05) is 6.07 Å². The lowest BCUT2D eigenvalue weighted by atomic mass is 10.1. The molecule has 1 saturated heterocycles. The average molecular weight is 167 g/mol. The predicted octanol–water partition coefficient (Wildman–Crippen LogP) is 1.48. The third-order valence-corrected chi connectivity index (χ3v) is 1.99. The van der Waals surface area contributed by atoms with Crippen LogP contribution in [0.4, 0.5) is 4.39 Å². The molecule has 0 aliphatic carbocycles. The van der Waals surface area contributed by atoms with E-state index in [-0.39, 0.29) is 11.9 Å². The number of hydrogen-bond donors (Lipinski definition) is 1. The summed E-state index contributed by atoms with van der Waals surface area (Å²) in [6.07, 6.45) is 0. The molecular weight excluding hydrogens is 157 g/mol. The maximum Gasteiger partial charge on any atom is 0.131 e. The lowest BCUT2D eigenvalue weighted by Gasteiger charge is -2.02. The first-order valence-corrected chi connectivity index (χ1v) is 3.88. The van der Waals surface area contributed by atoms with Crippen molar-refractivity contribution in [1.82, 2.24) is 5.32 Å². The van der Waals surface area contributed by atoms with Gasteiger partial charge in [0.1, 0.15) is 11.6 Å². The SMILES string of the molecule is COc1ccc([C@H]2CN2)c(F)c1. The number of ether oxygens (including phenoxy) is 1. The Morgan fingerprint density at radius 2 is 2.33 bits per heavy atom. The number of halogens is 1. The molecule has 0 bridgehead atoms. The predicted molar refractivity (Wildman–Crippen MR) is 43.7 cm³/mol. The van der Waals surface area contributed by atoms with Crippen LogP contribution in [0.2, 0.25) is 0 Å². The molecular formula is C9H10FNO. The first-order valence-electron chi connectivity index (χ1n) is 3.88. The molecule has 64 valence electrons. The molecule has 0 amide bonds. The van der Waals surface area contributed by atoms with Crippen LogP contribution in [0.25, 0.3) is 0 Å². The van der Waals surface area contributed by atoms with E-state index in [1.165, 1.54) is 13.2 Å². The number of hydrogen-bond acceptors (Lipinski definition) is 2. The fourth-order valence-electron chi connectivity index (χ4n) is 1.20. The molecule has 0 radical (unpaired) electrons. The van der Waals surface area contributed by atoms with Crippen LogP contribution in [0.1, 0.15) is 11.6 Å². The molecule has 0 unspecified atom stereocenters. The fourth-order valence-corrected chi connectivity index (χ4v) is 1.20. The van der Waals surface area contributed by atoms with Crippen LogP contribution in [-0.2, 0) is 0 Å². The van der Waals surface area contributed by atoms with Gasteiger partial charge in [0.2, 0.25) is 0 Å². The van der Waals surface area contributed by atoms with Gasteiger partial charge in [-0.15, -0.1) is 0 Å². The largest absolute Gasteiger partial charge is 0.497 e. The molecule has 2 rings (SSSR count). The molecule has 0 spiro atoms. The quantitative estimate of drug-likeness (QED) is 0.676. The summed E-state index contributed by atoms with van der Waals surface area (Å²) >= 11 is 0. The van der Waals surface area contributed by atoms with Gasteiger partial charge in [0.05, 0.1) is 7.11 Å². The van der Waals surface area contributed by atoms with Gasteiger partial charge < -0.3 is 10.1 Å². The monoisotopic (exact) mass is 167 g/mol. The normalized spacial score (nSPS) is 20.7. The Morgan fingerprint density at radius 1 is 1.58 bits per heavy atom. The van der Waals surface area contributed by atoms with E-state index in [0.717, 1.165) is 12.1 Å². The van der Waals surface area contributed by atoms with Crippen molar-refractivity contribution in [2.45, 2.75) is 6.04 Å². The van der Waals surface area contributed by atoms with Crippen LogP contribution in [0, 0.1) is 5.82 Å². The Morgan fingerprint density at radius 3 is 2.83 bits per heavy atom. The van der Waals surface area contributed by atoms with Crippen molar-refractivity contribution in [1.29, 1.82) is 0 Å². The molecule has 0 aromatic heterocycles. The molecule has 1 aliphatic rings. The van der Waals surface area contributed by atoms with Gasteiger partial charge in [0, 0.05) is 24.2 Å². The first kappa shape index (κ1) is 7.55. The summed E-state index contributed by atoms with van der Waals surface area (Å²) in [5.41, 5.74) is 0.732. The summed E-state index contributed by atoms with van der Waals surface area (Å²) in [6.45, 7) is 0.878. The maximum atomic E-state index is 13.2. The van der Waals surface area contributed by atoms with Crippen LogP contribution >= 0.6 is 0 Å². The zero-order valence-electron chi connectivity index (χ0n) is 6.80. The van der Waals surface area contributed by atoms with Crippen LogP contribution in [0.15, 0.2) is 18.2 Å². The highest BCUT2D eigenvalue weighted by atomic mass is 19.1. The Balaban J connectivity index is 2.32. The van der Waals surface area contributed by atoms with E-state index in [4.69, 9.17) is 4.74 Å². The summed E-state index contributed by atoms with van der Waals surface area (Å²) in [5, 5.41) is 3.05. The van der Waals surface area contributed by atoms with Crippen molar-refractivity contribution in [3.63, 3.8) is 0 Å². The first-order chi connectivity index (χ1) is 5.81. The topological polar surface area (TPSA) is 31.2 Å². The van der Waals surface area contributed by atoms with Crippen LogP contribution in [0.3, 0.4) is 0 Å². The standard InChI is InChI=1S/C9H10FNO/c1-12-6-2-3-7(8(10)4-6)9-5-11-9/h2-4,9,11H,5H2,1H3/t9-/m1/s1. The minimum Gasteiger partial charge on any atom is -0.497 e. The molecule has 1 heterocycles. The van der Waals surface area contributed by atoms with Crippen molar-refractivity contribution < 1.29 is 9.13 Å². The van der Waals surface area contributed by atoms with E-state index in [0.29, 0.717) is 5.75 Å². The highest BCUT2D eigenvalue weighted by Gasteiger charge is 2.25. The second-order valence-corrected chi connectivity index (χ2v) is 2.85. The summed E-state index contributed by atoms with van der Waals surface area (Å²) in [4.78, 5) is 0. The van der Waals surface area contributed by atoms with Gasteiger partial charge in [-0.2, -0.15) is 0 Å². The molecule has 12 heavy (non-hydrogen) atoms. The van der Waals surface area contributed by atoms with E-state index >= 15 is 0 Å². The molecule has 0 saturated carbocycles. The van der Waals surface area contributed by atoms with Crippen molar-refractivity contribution in [2.24, 2.45) is 0 Å². The van der Waals surface area contributed by atoms with Gasteiger partial charge in [-0.25, -0.2) is 4.39 Å². The summed E-state index contributed by atoms with van der Waals surface area (Å²) in [5.74, 6) is 0.376. The smallest absolute Gasteiger partial charge is 0.131 e. The van der Waals surface area contributed by atoms with Gasteiger partial charge in [0.15, 0.2) is 0 Å². The van der Waals surface area contributed by atoms with Gasteiger partial charge in [-0.05, 0) is 6.07 Å². The number of benzene rings is 1. The third-order valence-electron chi connectivity index (χ3n) is 1.99. The van der Waals surface area contributed by atoms with Gasteiger partial charge in [-0.3, -0.25) is 0 Å². The number of nitrogens with one attached hydrogen (secondary N) is 1. The maximum absolute atomic E-state index is 13.2. The van der Waals surface area contributed by atoms with E-state index < -0.39 is 0 Å². The Kier molecular flexibility index (Phi) is 1.73. The van der Waals surface area contributed by atoms with E-state index in [9.17, 15) is 4.39 Å². The second-order valence-electron chi connectivity index (χ2n) is 2.85. The van der Waals surface area contributed by atoms with E-state index in [2.05, 4.69) is 5.32 Å². The molecule has 2 nitrogen and oxygen atoms in total. The summed E-state index contributed by atoms with van der Waals surface area (Å²) in [6, 6.07) is 5.17. The minimum absolute atomic E-state index is 0.190. The minimum atomic E-state index is -0.190. The Labute approximate surface area is 70.3 Å². The zero-order chi connectivity index (χ0) is 8.55. The lowest BCUT2D eigenvalue weighted by Crippen LogP contribution is -1.91. The van der Waals surface area contributed by atoms with Crippen LogP contribution < -0.4 is 10.1 Å². The van der Waals surface area contributed by atoms with Crippen LogP contribution in [-0.4, -0.2) is 13.7 Å². The van der Waals surface area contributed by atoms with Crippen molar-refractivity contribution in [2.75, 3.05) is 13.7 Å². The average Bonchev–Trinajstić information content (AvgIpc) is 2.87.